The molecule has 2 heterocycles. The number of carbonyl (C=O) groups is 1. The van der Waals surface area contributed by atoms with Crippen LogP contribution in [0.5, 0.6) is 0 Å². The molecule has 1 aromatic carbocycles. The van der Waals surface area contributed by atoms with Crippen LogP contribution in [0.4, 0.5) is 0 Å². The zero-order valence-electron chi connectivity index (χ0n) is 16.1. The third-order valence-electron chi connectivity index (χ3n) is 4.65. The monoisotopic (exact) mass is 375 g/mol. The van der Waals surface area contributed by atoms with Crippen LogP contribution >= 0.6 is 11.8 Å². The predicted octanol–water partition coefficient (Wildman–Crippen LogP) is 3.81. The Labute approximate surface area is 160 Å². The first-order chi connectivity index (χ1) is 12.4. The first kappa shape index (κ1) is 19.2. The van der Waals surface area contributed by atoms with Crippen molar-refractivity contribution in [3.8, 4) is 0 Å². The van der Waals surface area contributed by atoms with E-state index in [1.165, 1.54) is 0 Å². The van der Waals surface area contributed by atoms with Crippen molar-refractivity contribution < 1.29 is 9.53 Å². The fourth-order valence-corrected chi connectivity index (χ4v) is 4.31. The average molecular weight is 376 g/mol. The molecule has 1 aromatic heterocycles. The summed E-state index contributed by atoms with van der Waals surface area (Å²) in [5.41, 5.74) is 2.15. The van der Waals surface area contributed by atoms with Crippen LogP contribution in [-0.2, 0) is 16.1 Å². The highest BCUT2D eigenvalue weighted by Crippen LogP contribution is 2.26. The highest BCUT2D eigenvalue weighted by Gasteiger charge is 2.26. The molecule has 2 atom stereocenters. The van der Waals surface area contributed by atoms with E-state index in [9.17, 15) is 4.79 Å². The number of amides is 1. The van der Waals surface area contributed by atoms with Gasteiger partial charge in [0.25, 0.3) is 0 Å². The van der Waals surface area contributed by atoms with Crippen LogP contribution in [0.2, 0.25) is 0 Å². The molecule has 5 nitrogen and oxygen atoms in total. The number of nitrogens with zero attached hydrogens (tertiary/aromatic N) is 3. The van der Waals surface area contributed by atoms with E-state index in [4.69, 9.17) is 9.72 Å². The Morgan fingerprint density at radius 1 is 1.27 bits per heavy atom. The number of thioether (sulfide) groups is 1. The molecular formula is C20H29N3O2S. The van der Waals surface area contributed by atoms with E-state index in [0.717, 1.165) is 29.2 Å². The molecule has 3 rings (SSSR count). The van der Waals surface area contributed by atoms with Gasteiger partial charge in [-0.25, -0.2) is 4.98 Å². The van der Waals surface area contributed by atoms with Gasteiger partial charge >= 0.3 is 0 Å². The molecule has 0 bridgehead atoms. The maximum absolute atomic E-state index is 12.7. The Morgan fingerprint density at radius 3 is 2.65 bits per heavy atom. The summed E-state index contributed by atoms with van der Waals surface area (Å²) in [5, 5.41) is 0.939. The van der Waals surface area contributed by atoms with E-state index in [1.807, 2.05) is 36.9 Å². The molecule has 1 saturated heterocycles. The number of fused-ring (bicyclic) bond motifs is 1. The predicted molar refractivity (Wildman–Crippen MR) is 107 cm³/mol. The van der Waals surface area contributed by atoms with Crippen molar-refractivity contribution in [2.75, 3.05) is 18.8 Å². The largest absolute Gasteiger partial charge is 0.372 e. The minimum atomic E-state index is 0.100. The van der Waals surface area contributed by atoms with Gasteiger partial charge in [-0.2, -0.15) is 0 Å². The molecule has 6 heteroatoms. The van der Waals surface area contributed by atoms with E-state index in [1.54, 1.807) is 11.8 Å². The minimum absolute atomic E-state index is 0.100. The maximum Gasteiger partial charge on any atom is 0.233 e. The summed E-state index contributed by atoms with van der Waals surface area (Å²) in [6.07, 6.45) is 1.30. The van der Waals surface area contributed by atoms with Crippen molar-refractivity contribution in [3.05, 3.63) is 24.3 Å². The Bertz CT molecular complexity index is 749. The van der Waals surface area contributed by atoms with Crippen molar-refractivity contribution in [2.45, 2.75) is 58.0 Å². The van der Waals surface area contributed by atoms with Crippen LogP contribution in [0.15, 0.2) is 29.4 Å². The van der Waals surface area contributed by atoms with Crippen LogP contribution < -0.4 is 0 Å². The summed E-state index contributed by atoms with van der Waals surface area (Å²) < 4.78 is 7.99. The lowest BCUT2D eigenvalue weighted by Crippen LogP contribution is -2.48. The normalized spacial score (nSPS) is 20.9. The molecule has 0 radical (unpaired) electrons. The number of carbonyl (C=O) groups excluding carboxylic acids is 1. The Hall–Kier alpha value is -1.53. The molecule has 1 fully saturated rings. The lowest BCUT2D eigenvalue weighted by Gasteiger charge is -2.35. The van der Waals surface area contributed by atoms with E-state index >= 15 is 0 Å². The van der Waals surface area contributed by atoms with Crippen molar-refractivity contribution >= 4 is 28.7 Å². The average Bonchev–Trinajstić information content (AvgIpc) is 2.94. The van der Waals surface area contributed by atoms with Crippen LogP contribution in [0.3, 0.4) is 0 Å². The molecule has 0 unspecified atom stereocenters. The highest BCUT2D eigenvalue weighted by atomic mass is 32.2. The number of para-hydroxylation sites is 2. The van der Waals surface area contributed by atoms with Crippen LogP contribution in [0.1, 0.15) is 34.1 Å². The Balaban J connectivity index is 1.71. The lowest BCUT2D eigenvalue weighted by atomic mass is 10.1. The van der Waals surface area contributed by atoms with Crippen molar-refractivity contribution in [2.24, 2.45) is 5.92 Å². The topological polar surface area (TPSA) is 47.4 Å². The van der Waals surface area contributed by atoms with E-state index in [-0.39, 0.29) is 18.1 Å². The summed E-state index contributed by atoms with van der Waals surface area (Å²) in [7, 11) is 0. The van der Waals surface area contributed by atoms with Gasteiger partial charge in [-0.05, 0) is 38.3 Å². The second kappa shape index (κ2) is 8.44. The standard InChI is InChI=1S/C20H29N3O2S/c1-14(2)9-10-23-18-8-6-5-7-17(18)21-20(23)26-13-19(24)22-11-15(3)25-16(4)12-22/h5-8,14-16H,9-13H2,1-4H3/t15-,16-/m0/s1. The number of imidazole rings is 1. The van der Waals surface area contributed by atoms with Crippen LogP contribution in [-0.4, -0.2) is 51.4 Å². The third-order valence-corrected chi connectivity index (χ3v) is 5.61. The number of aromatic nitrogens is 2. The second-order valence-corrected chi connectivity index (χ2v) is 8.50. The van der Waals surface area contributed by atoms with E-state index in [0.29, 0.717) is 24.8 Å². The summed E-state index contributed by atoms with van der Waals surface area (Å²) in [5.74, 6) is 1.22. The van der Waals surface area contributed by atoms with Gasteiger partial charge in [-0.15, -0.1) is 0 Å². The molecule has 1 aliphatic heterocycles. The fourth-order valence-electron chi connectivity index (χ4n) is 3.37. The SMILES string of the molecule is CC(C)CCn1c(SCC(=O)N2C[C@H](C)O[C@@H](C)C2)nc2ccccc21. The summed E-state index contributed by atoms with van der Waals surface area (Å²) in [6, 6.07) is 8.21. The number of hydrogen-bond donors (Lipinski definition) is 0. The molecule has 0 aliphatic carbocycles. The van der Waals surface area contributed by atoms with Gasteiger partial charge in [-0.3, -0.25) is 4.79 Å². The number of rotatable bonds is 6. The Kier molecular flexibility index (Phi) is 6.24. The minimum Gasteiger partial charge on any atom is -0.372 e. The molecule has 0 spiro atoms. The number of benzene rings is 1. The lowest BCUT2D eigenvalue weighted by molar-refractivity contribution is -0.140. The molecular weight excluding hydrogens is 346 g/mol. The van der Waals surface area contributed by atoms with Crippen LogP contribution in [0.25, 0.3) is 11.0 Å². The number of hydrogen-bond acceptors (Lipinski definition) is 4. The number of aryl methyl sites for hydroxylation is 1. The van der Waals surface area contributed by atoms with Crippen molar-refractivity contribution in [1.82, 2.24) is 14.5 Å². The zero-order chi connectivity index (χ0) is 18.7. The van der Waals surface area contributed by atoms with Gasteiger partial charge in [0.05, 0.1) is 29.0 Å². The quantitative estimate of drug-likeness (QED) is 0.721. The molecule has 2 aromatic rings. The summed E-state index contributed by atoms with van der Waals surface area (Å²) in [4.78, 5) is 19.4. The molecule has 1 aliphatic rings. The molecule has 26 heavy (non-hydrogen) atoms. The van der Waals surface area contributed by atoms with Gasteiger partial charge in [0, 0.05) is 19.6 Å². The van der Waals surface area contributed by atoms with Crippen molar-refractivity contribution in [3.63, 3.8) is 0 Å². The van der Waals surface area contributed by atoms with Gasteiger partial charge in [0.2, 0.25) is 5.91 Å². The molecule has 0 saturated carbocycles. The third kappa shape index (κ3) is 4.60. The number of ether oxygens (including phenoxy) is 1. The van der Waals surface area contributed by atoms with Crippen molar-refractivity contribution in [1.29, 1.82) is 0 Å². The van der Waals surface area contributed by atoms with Gasteiger partial charge in [-0.1, -0.05) is 37.7 Å². The first-order valence-corrected chi connectivity index (χ1v) is 10.4. The smallest absolute Gasteiger partial charge is 0.233 e. The Morgan fingerprint density at radius 2 is 1.96 bits per heavy atom. The summed E-state index contributed by atoms with van der Waals surface area (Å²) >= 11 is 1.55. The van der Waals surface area contributed by atoms with Crippen LogP contribution in [0, 0.1) is 5.92 Å². The zero-order valence-corrected chi connectivity index (χ0v) is 17.0. The molecule has 1 amide bonds. The maximum atomic E-state index is 12.7. The van der Waals surface area contributed by atoms with Gasteiger partial charge < -0.3 is 14.2 Å². The van der Waals surface area contributed by atoms with Gasteiger partial charge in [0.15, 0.2) is 5.16 Å². The number of morpholine rings is 1. The first-order valence-electron chi connectivity index (χ1n) is 9.45. The second-order valence-electron chi connectivity index (χ2n) is 7.56. The van der Waals surface area contributed by atoms with E-state index in [2.05, 4.69) is 24.5 Å². The fraction of sp³-hybridized carbons (Fsp3) is 0.600. The highest BCUT2D eigenvalue weighted by molar-refractivity contribution is 7.99. The van der Waals surface area contributed by atoms with E-state index < -0.39 is 0 Å². The van der Waals surface area contributed by atoms with Gasteiger partial charge in [0.1, 0.15) is 0 Å². The molecule has 0 N–H and O–H groups in total. The summed E-state index contributed by atoms with van der Waals surface area (Å²) in [6.45, 7) is 10.8. The molecule has 142 valence electrons.